The molecule has 0 unspecified atom stereocenters. The van der Waals surface area contributed by atoms with Crippen LogP contribution in [0.2, 0.25) is 0 Å². The average Bonchev–Trinajstić information content (AvgIpc) is 0.716. The fraction of sp³-hybridized carbons (Fsp3) is 0.204. The Hall–Kier alpha value is -12.0. The second kappa shape index (κ2) is 34.5. The SMILES string of the molecule is [2H]C([2H])([2H])c1cc(C)c(-c2cc(-c3c(C([2H])([2H])[2H])cc(C)cc3C([2H])([2H])[2H])c(C([2H])([2H])[2H])c[n+]2C)cc1-c1ccccc1.[2H]C([2H])([2H])c1cc(C)c(-c2cc(-c3c(C([2H])([2H])[2H])cccc3C([2H])([2H])[2H])c(C([2H])([2H])[2H])c[n+]2C)cc1-c1ccccc1.[2H]C([2H])([2H])c1cc(C)c(-c2cc(-c3ccc(C)cc3C([2H])([2H])[2H])c(C([2H])([2H])[2H])c[n+]2C)cc1-c1ccccc1.[2H]C([2H])([2H])c1ccccc1-c1ccc(C)c(-c2cccc[n+]2C)c1. The Bertz CT molecular complexity index is 7390. The Morgan fingerprint density at radius 3 is 1.01 bits per heavy atom. The van der Waals surface area contributed by atoms with Gasteiger partial charge in [0.1, 0.15) is 28.2 Å². The van der Waals surface area contributed by atoms with Crippen LogP contribution in [0.5, 0.6) is 0 Å². The molecule has 11 aromatic carbocycles. The zero-order valence-corrected chi connectivity index (χ0v) is 64.3. The maximum absolute atomic E-state index is 8.29. The molecule has 0 fully saturated rings. The zero-order chi connectivity index (χ0) is 110. The lowest BCUT2D eigenvalue weighted by atomic mass is 9.89. The number of benzene rings is 11. The largest absolute Gasteiger partial charge is 0.213 e. The van der Waals surface area contributed by atoms with Crippen LogP contribution < -0.4 is 18.3 Å². The van der Waals surface area contributed by atoms with Crippen LogP contribution >= 0.6 is 0 Å². The molecule has 0 saturated heterocycles. The second-order valence-electron chi connectivity index (χ2n) is 28.3. The normalized spacial score (nSPS) is 17.1. The molecule has 0 bridgehead atoms. The Morgan fingerprint density at radius 2 is 0.562 bits per heavy atom. The highest BCUT2D eigenvalue weighted by atomic mass is 14.9. The molecule has 15 aromatic rings. The fourth-order valence-electron chi connectivity index (χ4n) is 14.3. The van der Waals surface area contributed by atoms with E-state index in [4.69, 9.17) is 49.3 Å². The summed E-state index contributed by atoms with van der Waals surface area (Å²) in [5, 5.41) is 0. The Labute approximate surface area is 720 Å². The first kappa shape index (κ1) is 45.4. The lowest BCUT2D eigenvalue weighted by Crippen LogP contribution is -2.31. The summed E-state index contributed by atoms with van der Waals surface area (Å²) in [5.74, 6) is 0. The first-order valence-corrected chi connectivity index (χ1v) is 36.5. The summed E-state index contributed by atoms with van der Waals surface area (Å²) in [7, 11) is 7.01. The van der Waals surface area contributed by atoms with Gasteiger partial charge >= 0.3 is 0 Å². The van der Waals surface area contributed by atoms with Crippen molar-refractivity contribution in [2.45, 2.75) is 124 Å². The molecule has 4 heteroatoms. The molecular formula is C108H112N4+4. The van der Waals surface area contributed by atoms with Crippen molar-refractivity contribution in [1.29, 1.82) is 0 Å². The Morgan fingerprint density at radius 1 is 0.188 bits per heavy atom. The fourth-order valence-corrected chi connectivity index (χ4v) is 14.3. The lowest BCUT2D eigenvalue weighted by molar-refractivity contribution is -0.660. The standard InChI is InChI=1S/C30H32N.2C29H30N.C20H20N/c1-19-13-22(4)30(23(5)14-19)28-17-29(31(7)18-24(28)6)27-16-26(20(2)15-21(27)3)25-11-9-8-10-12-25;1-19-11-10-12-20(2)29(19)27-17-28(30(6)18-23(27)5)26-16-25(21(3)15-22(26)4)24-13-8-7-9-14-24;1-19-12-13-25(20(2)14-19)27-17-29(30(6)18-23(27)5)28-16-26(21(3)15-22(28)4)24-10-8-7-9-11-24;1-15-8-4-5-9-18(15)17-12-11-16(2)19(14-17)20-10-6-7-13-21(20)3/h8-18H,1-7H3;2*7-18H,1-6H3;4-14H,1-3H3/q4*+1/i2D3,4D3,5D3,6D3;1D3,2D3,3D3,5D3;2D3,3D3,5D3;1D3. The highest BCUT2D eigenvalue weighted by Crippen LogP contribution is 2.40. The van der Waals surface area contributed by atoms with Crippen LogP contribution in [0.1, 0.15) is 149 Å². The molecular weight excluding hydrogens is 1350 g/mol. The highest BCUT2D eigenvalue weighted by Gasteiger charge is 2.25. The van der Waals surface area contributed by atoms with E-state index >= 15 is 0 Å². The number of aromatic nitrogens is 4. The molecule has 0 aliphatic rings. The highest BCUT2D eigenvalue weighted by molar-refractivity contribution is 5.84. The van der Waals surface area contributed by atoms with Crippen LogP contribution in [-0.4, -0.2) is 0 Å². The molecule has 4 aromatic heterocycles. The van der Waals surface area contributed by atoms with Crippen LogP contribution in [0.3, 0.4) is 0 Å². The second-order valence-corrected chi connectivity index (χ2v) is 28.3. The maximum Gasteiger partial charge on any atom is 0.213 e. The smallest absolute Gasteiger partial charge is 0.201 e. The summed E-state index contributed by atoms with van der Waals surface area (Å²) < 4.78 is 300. The number of pyridine rings is 4. The van der Waals surface area contributed by atoms with E-state index in [1.54, 1.807) is 178 Å². The van der Waals surface area contributed by atoms with Crippen molar-refractivity contribution in [2.24, 2.45) is 28.2 Å². The van der Waals surface area contributed by atoms with Gasteiger partial charge in [-0.15, -0.1) is 0 Å². The van der Waals surface area contributed by atoms with E-state index < -0.39 is 82.2 Å². The minimum atomic E-state index is -2.75. The third kappa shape index (κ3) is 17.4. The summed E-state index contributed by atoms with van der Waals surface area (Å²) in [6, 6.07) is 73.1. The van der Waals surface area contributed by atoms with Crippen molar-refractivity contribution in [3.05, 3.63) is 380 Å². The number of rotatable bonds is 11. The van der Waals surface area contributed by atoms with Crippen molar-refractivity contribution in [2.75, 3.05) is 0 Å². The van der Waals surface area contributed by atoms with Crippen LogP contribution in [0.15, 0.2) is 280 Å². The van der Waals surface area contributed by atoms with Crippen LogP contribution in [0.4, 0.5) is 0 Å². The van der Waals surface area contributed by atoms with Crippen molar-refractivity contribution < 1.29 is 67.6 Å². The molecule has 0 N–H and O–H groups in total. The van der Waals surface area contributed by atoms with Gasteiger partial charge in [-0.05, 0) is 304 Å². The molecule has 4 nitrogen and oxygen atoms in total. The lowest BCUT2D eigenvalue weighted by Gasteiger charge is -2.16. The summed E-state index contributed by atoms with van der Waals surface area (Å²) in [4.78, 5) is 0. The zero-order valence-electron chi connectivity index (χ0n) is 100. The molecule has 4 heterocycles. The van der Waals surface area contributed by atoms with E-state index in [-0.39, 0.29) is 83.5 Å². The molecule has 0 aliphatic heterocycles. The molecule has 112 heavy (non-hydrogen) atoms. The first-order chi connectivity index (χ1) is 68.2. The van der Waals surface area contributed by atoms with E-state index in [0.29, 0.717) is 101 Å². The number of hydrogen-bond donors (Lipinski definition) is 0. The average molecular weight is 1500 g/mol. The summed E-state index contributed by atoms with van der Waals surface area (Å²) in [6.07, 6.45) is 6.25. The van der Waals surface area contributed by atoms with Gasteiger partial charge in [0.25, 0.3) is 0 Å². The van der Waals surface area contributed by atoms with E-state index in [1.807, 2.05) is 105 Å². The van der Waals surface area contributed by atoms with Crippen molar-refractivity contribution >= 4 is 0 Å². The topological polar surface area (TPSA) is 15.5 Å². The van der Waals surface area contributed by atoms with Crippen LogP contribution in [0.25, 0.3) is 123 Å². The van der Waals surface area contributed by atoms with E-state index in [2.05, 4.69) is 23.6 Å². The quantitative estimate of drug-likeness (QED) is 0.115. The minimum Gasteiger partial charge on any atom is -0.201 e. The predicted octanol–water partition coefficient (Wildman–Crippen LogP) is 25.9. The van der Waals surface area contributed by atoms with Gasteiger partial charge in [-0.2, -0.15) is 0 Å². The summed E-state index contributed by atoms with van der Waals surface area (Å²) in [5.41, 5.74) is 14.8. The molecule has 0 amide bonds. The van der Waals surface area contributed by atoms with Gasteiger partial charge in [0.15, 0.2) is 24.8 Å². The van der Waals surface area contributed by atoms with Crippen LogP contribution in [-0.2, 0) is 28.2 Å². The molecule has 0 atom stereocenters. The molecule has 0 spiro atoms. The molecule has 560 valence electrons. The van der Waals surface area contributed by atoms with E-state index in [1.165, 1.54) is 61.1 Å². The van der Waals surface area contributed by atoms with Gasteiger partial charge in [0.05, 0.1) is 0 Å². The summed E-state index contributed by atoms with van der Waals surface area (Å²) >= 11 is 0. The third-order valence-corrected chi connectivity index (χ3v) is 20.2. The van der Waals surface area contributed by atoms with Crippen molar-refractivity contribution in [3.8, 4) is 123 Å². The van der Waals surface area contributed by atoms with Gasteiger partial charge in [-0.3, -0.25) is 0 Å². The molecule has 0 saturated carbocycles. The van der Waals surface area contributed by atoms with Gasteiger partial charge in [-0.1, -0.05) is 205 Å². The monoisotopic (exact) mass is 1500 g/mol. The molecule has 0 aliphatic carbocycles. The number of hydrogen-bond acceptors (Lipinski definition) is 0. The van der Waals surface area contributed by atoms with Gasteiger partial charge < -0.3 is 0 Å². The number of nitrogens with zero attached hydrogens (tertiary/aromatic N) is 4. The minimum absolute atomic E-state index is 0.0307. The molecule has 0 radical (unpaired) electrons. The van der Waals surface area contributed by atoms with E-state index in [0.717, 1.165) is 39.1 Å². The number of aryl methyl sites for hydroxylation is 22. The molecule has 15 rings (SSSR count). The Balaban J connectivity index is 0.000000178. The van der Waals surface area contributed by atoms with E-state index in [9.17, 15) is 0 Å². The van der Waals surface area contributed by atoms with Crippen LogP contribution in [0, 0.1) is 124 Å². The first-order valence-electron chi connectivity index (χ1n) is 54.5. The maximum atomic E-state index is 8.29. The summed E-state index contributed by atoms with van der Waals surface area (Å²) in [6.45, 7) is -19.9. The third-order valence-electron chi connectivity index (χ3n) is 20.2. The van der Waals surface area contributed by atoms with Gasteiger partial charge in [-0.25, -0.2) is 18.3 Å². The van der Waals surface area contributed by atoms with Crippen molar-refractivity contribution in [3.63, 3.8) is 0 Å². The predicted molar refractivity (Wildman–Crippen MR) is 476 cm³/mol. The van der Waals surface area contributed by atoms with Crippen molar-refractivity contribution in [1.82, 2.24) is 0 Å². The van der Waals surface area contributed by atoms with Gasteiger partial charge in [0.2, 0.25) is 22.8 Å². The van der Waals surface area contributed by atoms with Gasteiger partial charge in [0, 0.05) is 119 Å². The Kier molecular flexibility index (Phi) is 14.0.